The number of carbonyl (C=O) groups excluding carboxylic acids is 2. The molecule has 2 N–H and O–H groups in total. The monoisotopic (exact) mass is 286 g/mol. The van der Waals surface area contributed by atoms with Gasteiger partial charge < -0.3 is 10.2 Å². The second-order valence-corrected chi connectivity index (χ2v) is 6.16. The number of para-hydroxylation sites is 1. The molecule has 1 unspecified atom stereocenters. The zero-order valence-corrected chi connectivity index (χ0v) is 12.1. The van der Waals surface area contributed by atoms with E-state index in [2.05, 4.69) is 0 Å². The lowest BCUT2D eigenvalue weighted by Gasteiger charge is -2.20. The first-order chi connectivity index (χ1) is 9.88. The molecule has 2 aromatic rings. The molecule has 21 heavy (non-hydrogen) atoms. The Hall–Kier alpha value is -2.14. The quantitative estimate of drug-likeness (QED) is 0.878. The van der Waals surface area contributed by atoms with Crippen LogP contribution in [0.5, 0.6) is 0 Å². The van der Waals surface area contributed by atoms with Crippen LogP contribution in [0.25, 0.3) is 11.0 Å². The topological polar surface area (TPSA) is 76.5 Å². The van der Waals surface area contributed by atoms with Gasteiger partial charge in [0.05, 0.1) is 18.0 Å². The summed E-state index contributed by atoms with van der Waals surface area (Å²) in [5, 5.41) is 0.961. The number of amides is 2. The number of benzene rings is 1. The van der Waals surface area contributed by atoms with E-state index >= 15 is 0 Å². The molecule has 0 radical (unpaired) electrons. The third-order valence-electron chi connectivity index (χ3n) is 3.91. The Labute approximate surface area is 122 Å². The van der Waals surface area contributed by atoms with Crippen molar-refractivity contribution in [3.63, 3.8) is 0 Å². The van der Waals surface area contributed by atoms with Gasteiger partial charge in [0.2, 0.25) is 11.8 Å². The lowest BCUT2D eigenvalue weighted by Crippen LogP contribution is -2.38. The van der Waals surface area contributed by atoms with Gasteiger partial charge in [-0.05, 0) is 12.1 Å². The minimum absolute atomic E-state index is 0.154. The largest absolute Gasteiger partial charge is 0.459 e. The maximum Gasteiger partial charge on any atom is 0.235 e. The first kappa shape index (κ1) is 13.8. The zero-order valence-electron chi connectivity index (χ0n) is 12.1. The van der Waals surface area contributed by atoms with E-state index in [0.29, 0.717) is 5.76 Å². The lowest BCUT2D eigenvalue weighted by atomic mass is 9.92. The van der Waals surface area contributed by atoms with Gasteiger partial charge in [0, 0.05) is 11.8 Å². The number of furan rings is 1. The number of nitrogens with zero attached hydrogens (tertiary/aromatic N) is 1. The molecule has 1 aliphatic rings. The van der Waals surface area contributed by atoms with Crippen LogP contribution < -0.4 is 5.73 Å². The van der Waals surface area contributed by atoms with E-state index in [1.807, 2.05) is 30.3 Å². The molecule has 0 saturated carbocycles. The van der Waals surface area contributed by atoms with Gasteiger partial charge >= 0.3 is 0 Å². The molecule has 1 atom stereocenters. The molecule has 1 aromatic heterocycles. The van der Waals surface area contributed by atoms with Crippen molar-refractivity contribution in [2.45, 2.75) is 26.3 Å². The molecule has 0 spiro atoms. The van der Waals surface area contributed by atoms with Gasteiger partial charge in [0.25, 0.3) is 0 Å². The van der Waals surface area contributed by atoms with Crippen molar-refractivity contribution in [3.8, 4) is 0 Å². The third kappa shape index (κ3) is 2.34. The standard InChI is InChI=1S/C16H18N2O3/c1-16(2)8-14(19)18(15(16)20)9-11(17)13-7-10-5-3-4-6-12(10)21-13/h3-7,11H,8-9,17H2,1-2H3. The number of nitrogens with two attached hydrogens (primary N) is 1. The molecule has 2 amide bonds. The molecule has 1 fully saturated rings. The van der Waals surface area contributed by atoms with E-state index in [4.69, 9.17) is 10.2 Å². The fraction of sp³-hybridized carbons (Fsp3) is 0.375. The van der Waals surface area contributed by atoms with Gasteiger partial charge in [0.15, 0.2) is 0 Å². The molecule has 0 aliphatic carbocycles. The van der Waals surface area contributed by atoms with Crippen LogP contribution in [-0.4, -0.2) is 23.3 Å². The van der Waals surface area contributed by atoms with Crippen LogP contribution in [0, 0.1) is 5.41 Å². The Balaban J connectivity index is 1.81. The summed E-state index contributed by atoms with van der Waals surface area (Å²) in [6.45, 7) is 3.71. The summed E-state index contributed by atoms with van der Waals surface area (Å²) in [6, 6.07) is 8.95. The number of rotatable bonds is 3. The van der Waals surface area contributed by atoms with E-state index < -0.39 is 11.5 Å². The van der Waals surface area contributed by atoms with Crippen LogP contribution >= 0.6 is 0 Å². The van der Waals surface area contributed by atoms with E-state index in [9.17, 15) is 9.59 Å². The Bertz CT molecular complexity index is 684. The van der Waals surface area contributed by atoms with Gasteiger partial charge in [-0.2, -0.15) is 0 Å². The lowest BCUT2D eigenvalue weighted by molar-refractivity contribution is -0.141. The van der Waals surface area contributed by atoms with Crippen molar-refractivity contribution in [3.05, 3.63) is 36.1 Å². The summed E-state index contributed by atoms with van der Waals surface area (Å²) >= 11 is 0. The number of fused-ring (bicyclic) bond motifs is 1. The van der Waals surface area contributed by atoms with Crippen molar-refractivity contribution in [2.24, 2.45) is 11.1 Å². The Morgan fingerprint density at radius 3 is 2.67 bits per heavy atom. The molecule has 5 heteroatoms. The third-order valence-corrected chi connectivity index (χ3v) is 3.91. The highest BCUT2D eigenvalue weighted by molar-refractivity contribution is 6.05. The molecule has 2 heterocycles. The maximum atomic E-state index is 12.2. The molecule has 5 nitrogen and oxygen atoms in total. The van der Waals surface area contributed by atoms with Crippen molar-refractivity contribution < 1.29 is 14.0 Å². The molecular weight excluding hydrogens is 268 g/mol. The number of hydrogen-bond donors (Lipinski definition) is 1. The second-order valence-electron chi connectivity index (χ2n) is 6.16. The highest BCUT2D eigenvalue weighted by Gasteiger charge is 2.45. The first-order valence-corrected chi connectivity index (χ1v) is 6.97. The van der Waals surface area contributed by atoms with Crippen molar-refractivity contribution in [1.29, 1.82) is 0 Å². The highest BCUT2D eigenvalue weighted by Crippen LogP contribution is 2.33. The highest BCUT2D eigenvalue weighted by atomic mass is 16.3. The molecule has 1 saturated heterocycles. The van der Waals surface area contributed by atoms with Gasteiger partial charge in [-0.25, -0.2) is 0 Å². The number of hydrogen-bond acceptors (Lipinski definition) is 4. The van der Waals surface area contributed by atoms with Crippen LogP contribution in [0.1, 0.15) is 32.1 Å². The normalized spacial score (nSPS) is 19.5. The van der Waals surface area contributed by atoms with Gasteiger partial charge in [0.1, 0.15) is 11.3 Å². The Kier molecular flexibility index (Phi) is 3.10. The summed E-state index contributed by atoms with van der Waals surface area (Å²) in [6.07, 6.45) is 0.235. The number of imide groups is 1. The van der Waals surface area contributed by atoms with Crippen molar-refractivity contribution >= 4 is 22.8 Å². The molecule has 3 rings (SSSR count). The summed E-state index contributed by atoms with van der Waals surface area (Å²) in [5.74, 6) is 0.247. The van der Waals surface area contributed by atoms with Crippen LogP contribution in [-0.2, 0) is 9.59 Å². The average Bonchev–Trinajstić information content (AvgIpc) is 2.93. The smallest absolute Gasteiger partial charge is 0.235 e. The second kappa shape index (κ2) is 4.70. The van der Waals surface area contributed by atoms with Crippen LogP contribution in [0.4, 0.5) is 0 Å². The Morgan fingerprint density at radius 2 is 2.05 bits per heavy atom. The number of carbonyl (C=O) groups is 2. The minimum Gasteiger partial charge on any atom is -0.459 e. The van der Waals surface area contributed by atoms with Gasteiger partial charge in [-0.1, -0.05) is 32.0 Å². The zero-order chi connectivity index (χ0) is 15.2. The molecule has 110 valence electrons. The van der Waals surface area contributed by atoms with Crippen LogP contribution in [0.15, 0.2) is 34.7 Å². The predicted molar refractivity (Wildman–Crippen MR) is 78.3 cm³/mol. The summed E-state index contributed by atoms with van der Waals surface area (Å²) < 4.78 is 5.69. The summed E-state index contributed by atoms with van der Waals surface area (Å²) in [4.78, 5) is 25.4. The van der Waals surface area contributed by atoms with E-state index in [-0.39, 0.29) is 24.8 Å². The molecule has 1 aromatic carbocycles. The number of likely N-dealkylation sites (tertiary alicyclic amines) is 1. The summed E-state index contributed by atoms with van der Waals surface area (Å²) in [7, 11) is 0. The maximum absolute atomic E-state index is 12.2. The van der Waals surface area contributed by atoms with Gasteiger partial charge in [-0.3, -0.25) is 14.5 Å². The van der Waals surface area contributed by atoms with Crippen molar-refractivity contribution in [2.75, 3.05) is 6.54 Å². The minimum atomic E-state index is -0.634. The summed E-state index contributed by atoms with van der Waals surface area (Å²) in [5.41, 5.74) is 6.23. The predicted octanol–water partition coefficient (Wildman–Crippen LogP) is 2.22. The SMILES string of the molecule is CC1(C)CC(=O)N(CC(N)c2cc3ccccc3o2)C1=O. The molecule has 0 bridgehead atoms. The van der Waals surface area contributed by atoms with Crippen LogP contribution in [0.3, 0.4) is 0 Å². The molecular formula is C16H18N2O3. The van der Waals surface area contributed by atoms with E-state index in [0.717, 1.165) is 11.0 Å². The fourth-order valence-corrected chi connectivity index (χ4v) is 2.68. The Morgan fingerprint density at radius 1 is 1.33 bits per heavy atom. The first-order valence-electron chi connectivity index (χ1n) is 6.97. The van der Waals surface area contributed by atoms with Crippen molar-refractivity contribution in [1.82, 2.24) is 4.90 Å². The fourth-order valence-electron chi connectivity index (χ4n) is 2.68. The molecule has 1 aliphatic heterocycles. The van der Waals surface area contributed by atoms with E-state index in [1.54, 1.807) is 13.8 Å². The van der Waals surface area contributed by atoms with Gasteiger partial charge in [-0.15, -0.1) is 0 Å². The van der Waals surface area contributed by atoms with Crippen LogP contribution in [0.2, 0.25) is 0 Å². The van der Waals surface area contributed by atoms with E-state index in [1.165, 1.54) is 4.90 Å². The average molecular weight is 286 g/mol.